The van der Waals surface area contributed by atoms with Gasteiger partial charge in [0, 0.05) is 5.69 Å². The molecule has 0 fully saturated rings. The number of nitrogen functional groups attached to an aromatic ring is 1. The number of nitrogens with zero attached hydrogens (tertiary/aromatic N) is 1. The van der Waals surface area contributed by atoms with Crippen LogP contribution in [0.5, 0.6) is 0 Å². The van der Waals surface area contributed by atoms with Gasteiger partial charge in [-0.3, -0.25) is 4.72 Å². The summed E-state index contributed by atoms with van der Waals surface area (Å²) < 4.78 is 27.2. The van der Waals surface area contributed by atoms with Crippen LogP contribution in [0, 0.1) is 13.8 Å². The third-order valence-corrected chi connectivity index (χ3v) is 4.69. The Balaban J connectivity index is 2.40. The molecule has 0 bridgehead atoms. The van der Waals surface area contributed by atoms with Crippen molar-refractivity contribution in [1.82, 2.24) is 4.98 Å². The molecule has 5 nitrogen and oxygen atoms in total. The number of aryl methyl sites for hydroxylation is 2. The van der Waals surface area contributed by atoms with Crippen LogP contribution < -0.4 is 10.5 Å². The number of benzene rings is 1. The topological polar surface area (TPSA) is 85.1 Å². The van der Waals surface area contributed by atoms with Gasteiger partial charge in [-0.25, -0.2) is 13.4 Å². The van der Waals surface area contributed by atoms with E-state index < -0.39 is 10.0 Å². The molecule has 0 saturated carbocycles. The lowest BCUT2D eigenvalue weighted by Crippen LogP contribution is -2.15. The Labute approximate surface area is 122 Å². The van der Waals surface area contributed by atoms with Gasteiger partial charge in [-0.15, -0.1) is 0 Å². The van der Waals surface area contributed by atoms with Crippen LogP contribution in [-0.4, -0.2) is 13.4 Å². The summed E-state index contributed by atoms with van der Waals surface area (Å²) in [6.45, 7) is 3.46. The maximum atomic E-state index is 12.3. The van der Waals surface area contributed by atoms with Gasteiger partial charge >= 0.3 is 0 Å². The highest BCUT2D eigenvalue weighted by atomic mass is 35.5. The lowest BCUT2D eigenvalue weighted by molar-refractivity contribution is 0.600. The molecule has 2 aromatic rings. The van der Waals surface area contributed by atoms with Crippen LogP contribution in [0.25, 0.3) is 0 Å². The average molecular weight is 312 g/mol. The van der Waals surface area contributed by atoms with E-state index in [0.717, 1.165) is 0 Å². The molecule has 1 aromatic heterocycles. The second-order valence-electron chi connectivity index (χ2n) is 4.46. The fraction of sp³-hybridized carbons (Fsp3) is 0.154. The van der Waals surface area contributed by atoms with Crippen molar-refractivity contribution < 1.29 is 8.42 Å². The van der Waals surface area contributed by atoms with Crippen LogP contribution in [0.3, 0.4) is 0 Å². The van der Waals surface area contributed by atoms with Gasteiger partial charge in [0.25, 0.3) is 10.0 Å². The molecule has 106 valence electrons. The van der Waals surface area contributed by atoms with E-state index in [0.29, 0.717) is 27.7 Å². The number of halogens is 1. The fourth-order valence-electron chi connectivity index (χ4n) is 1.73. The maximum absolute atomic E-state index is 12.3. The monoisotopic (exact) mass is 311 g/mol. The molecular formula is C13H14ClN3O2S. The largest absolute Gasteiger partial charge is 0.399 e. The molecular weight excluding hydrogens is 298 g/mol. The summed E-state index contributed by atoms with van der Waals surface area (Å²) in [6.07, 6.45) is 1.37. The average Bonchev–Trinajstić information content (AvgIpc) is 2.36. The Morgan fingerprint density at radius 3 is 2.55 bits per heavy atom. The van der Waals surface area contributed by atoms with Crippen molar-refractivity contribution in [3.63, 3.8) is 0 Å². The zero-order valence-corrected chi connectivity index (χ0v) is 12.6. The Bertz CT molecular complexity index is 760. The summed E-state index contributed by atoms with van der Waals surface area (Å²) in [4.78, 5) is 4.05. The van der Waals surface area contributed by atoms with Gasteiger partial charge in [0.1, 0.15) is 5.15 Å². The van der Waals surface area contributed by atoms with Crippen molar-refractivity contribution in [2.75, 3.05) is 10.5 Å². The molecule has 0 aliphatic heterocycles. The SMILES string of the molecule is Cc1ccc(N)cc1S(=O)(=O)Nc1cnc(Cl)c(C)c1. The number of anilines is 2. The van der Waals surface area contributed by atoms with Gasteiger partial charge in [-0.1, -0.05) is 17.7 Å². The van der Waals surface area contributed by atoms with E-state index in [1.165, 1.54) is 12.3 Å². The third kappa shape index (κ3) is 3.02. The Hall–Kier alpha value is -1.79. The van der Waals surface area contributed by atoms with E-state index in [9.17, 15) is 8.42 Å². The number of nitrogens with one attached hydrogen (secondary N) is 1. The minimum Gasteiger partial charge on any atom is -0.399 e. The summed E-state index contributed by atoms with van der Waals surface area (Å²) in [5, 5.41) is 0.341. The lowest BCUT2D eigenvalue weighted by atomic mass is 10.2. The smallest absolute Gasteiger partial charge is 0.262 e. The predicted octanol–water partition coefficient (Wildman–Crippen LogP) is 2.73. The summed E-state index contributed by atoms with van der Waals surface area (Å²) >= 11 is 5.81. The molecule has 0 atom stereocenters. The van der Waals surface area contributed by atoms with Gasteiger partial charge in [0.05, 0.1) is 16.8 Å². The quantitative estimate of drug-likeness (QED) is 0.674. The first-order chi connectivity index (χ1) is 9.29. The molecule has 0 aliphatic carbocycles. The number of nitrogens with two attached hydrogens (primary N) is 1. The van der Waals surface area contributed by atoms with E-state index in [1.54, 1.807) is 32.0 Å². The summed E-state index contributed by atoms with van der Waals surface area (Å²) in [7, 11) is -3.71. The Morgan fingerprint density at radius 1 is 1.20 bits per heavy atom. The maximum Gasteiger partial charge on any atom is 0.262 e. The molecule has 7 heteroatoms. The van der Waals surface area contributed by atoms with Crippen molar-refractivity contribution in [1.29, 1.82) is 0 Å². The molecule has 3 N–H and O–H groups in total. The Kier molecular flexibility index (Phi) is 3.87. The standard InChI is InChI=1S/C13H14ClN3O2S/c1-8-3-4-10(15)6-12(8)20(18,19)17-11-5-9(2)13(14)16-7-11/h3-7,17H,15H2,1-2H3. The van der Waals surface area contributed by atoms with Gasteiger partial charge in [-0.2, -0.15) is 0 Å². The van der Waals surface area contributed by atoms with Crippen molar-refractivity contribution in [2.24, 2.45) is 0 Å². The van der Waals surface area contributed by atoms with Gasteiger partial charge < -0.3 is 5.73 Å². The number of hydrogen-bond donors (Lipinski definition) is 2. The normalized spacial score (nSPS) is 11.3. The van der Waals surface area contributed by atoms with Crippen LogP contribution in [0.1, 0.15) is 11.1 Å². The molecule has 0 amide bonds. The summed E-state index contributed by atoms with van der Waals surface area (Å²) in [6, 6.07) is 6.36. The lowest BCUT2D eigenvalue weighted by Gasteiger charge is -2.11. The highest BCUT2D eigenvalue weighted by Crippen LogP contribution is 2.23. The first-order valence-electron chi connectivity index (χ1n) is 5.81. The number of hydrogen-bond acceptors (Lipinski definition) is 4. The second-order valence-corrected chi connectivity index (χ2v) is 6.47. The van der Waals surface area contributed by atoms with E-state index in [-0.39, 0.29) is 4.90 Å². The minimum absolute atomic E-state index is 0.144. The molecule has 20 heavy (non-hydrogen) atoms. The first-order valence-corrected chi connectivity index (χ1v) is 7.67. The van der Waals surface area contributed by atoms with E-state index in [2.05, 4.69) is 9.71 Å². The van der Waals surface area contributed by atoms with E-state index >= 15 is 0 Å². The molecule has 1 heterocycles. The highest BCUT2D eigenvalue weighted by molar-refractivity contribution is 7.92. The molecule has 0 saturated heterocycles. The zero-order valence-electron chi connectivity index (χ0n) is 11.0. The van der Waals surface area contributed by atoms with E-state index in [4.69, 9.17) is 17.3 Å². The van der Waals surface area contributed by atoms with Crippen molar-refractivity contribution >= 4 is 33.0 Å². The molecule has 0 aliphatic rings. The van der Waals surface area contributed by atoms with E-state index in [1.807, 2.05) is 0 Å². The summed E-state index contributed by atoms with van der Waals surface area (Å²) in [5.41, 5.74) is 7.69. The van der Waals surface area contributed by atoms with Crippen molar-refractivity contribution in [3.05, 3.63) is 46.7 Å². The zero-order chi connectivity index (χ0) is 14.9. The van der Waals surface area contributed by atoms with Crippen LogP contribution in [0.15, 0.2) is 35.4 Å². The molecule has 0 spiro atoms. The molecule has 2 rings (SSSR count). The van der Waals surface area contributed by atoms with Crippen LogP contribution >= 0.6 is 11.6 Å². The predicted molar refractivity (Wildman–Crippen MR) is 80.4 cm³/mol. The minimum atomic E-state index is -3.71. The number of aromatic nitrogens is 1. The molecule has 0 radical (unpaired) electrons. The van der Waals surface area contributed by atoms with Gasteiger partial charge in [0.2, 0.25) is 0 Å². The number of pyridine rings is 1. The fourth-order valence-corrected chi connectivity index (χ4v) is 3.15. The Morgan fingerprint density at radius 2 is 1.90 bits per heavy atom. The van der Waals surface area contributed by atoms with Crippen LogP contribution in [0.2, 0.25) is 5.15 Å². The second kappa shape index (κ2) is 5.30. The molecule has 1 aromatic carbocycles. The van der Waals surface area contributed by atoms with Crippen molar-refractivity contribution in [2.45, 2.75) is 18.7 Å². The van der Waals surface area contributed by atoms with Crippen LogP contribution in [-0.2, 0) is 10.0 Å². The van der Waals surface area contributed by atoms with Gasteiger partial charge in [0.15, 0.2) is 0 Å². The van der Waals surface area contributed by atoms with Crippen molar-refractivity contribution in [3.8, 4) is 0 Å². The number of rotatable bonds is 3. The highest BCUT2D eigenvalue weighted by Gasteiger charge is 2.17. The van der Waals surface area contributed by atoms with Gasteiger partial charge in [-0.05, 0) is 43.2 Å². The third-order valence-electron chi connectivity index (χ3n) is 2.77. The van der Waals surface area contributed by atoms with Crippen LogP contribution in [0.4, 0.5) is 11.4 Å². The summed E-state index contributed by atoms with van der Waals surface area (Å²) in [5.74, 6) is 0. The molecule has 0 unspecified atom stereocenters. The first kappa shape index (κ1) is 14.6. The number of sulfonamides is 1.